The van der Waals surface area contributed by atoms with Gasteiger partial charge in [-0.2, -0.15) is 0 Å². The second-order valence-electron chi connectivity index (χ2n) is 5.72. The minimum atomic E-state index is 0. The average molecular weight is 420 g/mol. The third-order valence-corrected chi connectivity index (χ3v) is 5.11. The number of hydrogen-bond acceptors (Lipinski definition) is 3. The van der Waals surface area contributed by atoms with Gasteiger partial charge >= 0.3 is 0 Å². The molecule has 21 heavy (non-hydrogen) atoms. The van der Waals surface area contributed by atoms with Crippen molar-refractivity contribution in [2.45, 2.75) is 25.8 Å². The molecule has 4 nitrogen and oxygen atoms in total. The predicted molar refractivity (Wildman–Crippen MR) is 101 cm³/mol. The Balaban J connectivity index is 0.00000161. The maximum absolute atomic E-state index is 4.28. The molecule has 1 saturated carbocycles. The number of hydrogen-bond donors (Lipinski definition) is 2. The first kappa shape index (κ1) is 17.0. The molecule has 2 heterocycles. The average Bonchev–Trinajstić information content (AvgIpc) is 3.18. The zero-order valence-corrected chi connectivity index (χ0v) is 15.7. The van der Waals surface area contributed by atoms with Crippen LogP contribution in [0.4, 0.5) is 0 Å². The molecule has 0 spiro atoms. The standard InChI is InChI=1S/C15H24N4S.HI/c1-16-15(18-10-12-2-3-12)17-6-8-19-7-4-14-13(11-19)5-9-20-14;/h5,9,12H,2-4,6-8,10-11H2,1H3,(H2,16,17,18);1H. The summed E-state index contributed by atoms with van der Waals surface area (Å²) in [4.78, 5) is 8.38. The van der Waals surface area contributed by atoms with Gasteiger partial charge < -0.3 is 10.6 Å². The highest BCUT2D eigenvalue weighted by molar-refractivity contribution is 14.0. The first-order valence-corrected chi connectivity index (χ1v) is 8.45. The van der Waals surface area contributed by atoms with Crippen molar-refractivity contribution in [1.82, 2.24) is 15.5 Å². The number of halogens is 1. The van der Waals surface area contributed by atoms with Crippen LogP contribution in [0.5, 0.6) is 0 Å². The fourth-order valence-electron chi connectivity index (χ4n) is 2.61. The van der Waals surface area contributed by atoms with Gasteiger partial charge in [-0.25, -0.2) is 0 Å². The zero-order chi connectivity index (χ0) is 13.8. The van der Waals surface area contributed by atoms with Crippen LogP contribution in [0.15, 0.2) is 16.4 Å². The molecule has 2 aliphatic rings. The van der Waals surface area contributed by atoms with Crippen LogP contribution in [0.1, 0.15) is 23.3 Å². The molecular weight excluding hydrogens is 395 g/mol. The van der Waals surface area contributed by atoms with E-state index < -0.39 is 0 Å². The Morgan fingerprint density at radius 2 is 2.29 bits per heavy atom. The zero-order valence-electron chi connectivity index (χ0n) is 12.6. The van der Waals surface area contributed by atoms with E-state index in [0.29, 0.717) is 0 Å². The Morgan fingerprint density at radius 1 is 1.43 bits per heavy atom. The third kappa shape index (κ3) is 5.10. The summed E-state index contributed by atoms with van der Waals surface area (Å²) >= 11 is 1.90. The van der Waals surface area contributed by atoms with Gasteiger partial charge in [0, 0.05) is 44.6 Å². The van der Waals surface area contributed by atoms with Crippen LogP contribution < -0.4 is 10.6 Å². The fraction of sp³-hybridized carbons (Fsp3) is 0.667. The maximum Gasteiger partial charge on any atom is 0.191 e. The molecule has 0 amide bonds. The number of nitrogens with one attached hydrogen (secondary N) is 2. The van der Waals surface area contributed by atoms with Crippen LogP contribution in [0.2, 0.25) is 0 Å². The van der Waals surface area contributed by atoms with Gasteiger partial charge in [-0.3, -0.25) is 9.89 Å². The van der Waals surface area contributed by atoms with Crippen molar-refractivity contribution in [3.63, 3.8) is 0 Å². The Morgan fingerprint density at radius 3 is 3.05 bits per heavy atom. The van der Waals surface area contributed by atoms with Gasteiger partial charge in [0.1, 0.15) is 0 Å². The van der Waals surface area contributed by atoms with E-state index >= 15 is 0 Å². The van der Waals surface area contributed by atoms with E-state index in [1.807, 2.05) is 18.4 Å². The molecule has 2 N–H and O–H groups in total. The highest BCUT2D eigenvalue weighted by Gasteiger charge is 2.21. The number of aliphatic imine (C=N–C) groups is 1. The van der Waals surface area contributed by atoms with E-state index in [1.165, 1.54) is 31.4 Å². The summed E-state index contributed by atoms with van der Waals surface area (Å²) < 4.78 is 0. The Kier molecular flexibility index (Phi) is 6.75. The van der Waals surface area contributed by atoms with Crippen LogP contribution in [-0.2, 0) is 13.0 Å². The Hall–Kier alpha value is -0.340. The summed E-state index contributed by atoms with van der Waals surface area (Å²) in [5.41, 5.74) is 1.53. The van der Waals surface area contributed by atoms with Crippen LogP contribution in [0.25, 0.3) is 0 Å². The van der Waals surface area contributed by atoms with Crippen LogP contribution in [0.3, 0.4) is 0 Å². The molecule has 0 bridgehead atoms. The van der Waals surface area contributed by atoms with E-state index in [2.05, 4.69) is 32.0 Å². The summed E-state index contributed by atoms with van der Waals surface area (Å²) in [6, 6.07) is 2.27. The van der Waals surface area contributed by atoms with Crippen molar-refractivity contribution in [3.8, 4) is 0 Å². The van der Waals surface area contributed by atoms with Crippen molar-refractivity contribution in [2.24, 2.45) is 10.9 Å². The van der Waals surface area contributed by atoms with Gasteiger partial charge in [-0.05, 0) is 42.2 Å². The first-order valence-electron chi connectivity index (χ1n) is 7.57. The lowest BCUT2D eigenvalue weighted by Crippen LogP contribution is -2.43. The van der Waals surface area contributed by atoms with Gasteiger partial charge in [0.25, 0.3) is 0 Å². The SMILES string of the molecule is CN=C(NCCN1CCc2sccc2C1)NCC1CC1.I. The molecule has 1 aliphatic heterocycles. The summed E-state index contributed by atoms with van der Waals surface area (Å²) in [5.74, 6) is 1.83. The second kappa shape index (κ2) is 8.33. The van der Waals surface area contributed by atoms with Crippen LogP contribution in [0, 0.1) is 5.92 Å². The molecule has 6 heteroatoms. The van der Waals surface area contributed by atoms with E-state index in [0.717, 1.165) is 38.1 Å². The predicted octanol–water partition coefficient (Wildman–Crippen LogP) is 2.30. The summed E-state index contributed by atoms with van der Waals surface area (Å²) in [5, 5.41) is 9.04. The van der Waals surface area contributed by atoms with Crippen molar-refractivity contribution in [3.05, 3.63) is 21.9 Å². The molecule has 1 fully saturated rings. The monoisotopic (exact) mass is 420 g/mol. The minimum absolute atomic E-state index is 0. The third-order valence-electron chi connectivity index (χ3n) is 4.09. The van der Waals surface area contributed by atoms with Gasteiger partial charge in [0.15, 0.2) is 5.96 Å². The molecule has 0 unspecified atom stereocenters. The molecule has 0 saturated heterocycles. The highest BCUT2D eigenvalue weighted by Crippen LogP contribution is 2.27. The van der Waals surface area contributed by atoms with Gasteiger partial charge in [0.2, 0.25) is 0 Å². The van der Waals surface area contributed by atoms with E-state index in [9.17, 15) is 0 Å². The Bertz CT molecular complexity index is 470. The van der Waals surface area contributed by atoms with Crippen molar-refractivity contribution in [1.29, 1.82) is 0 Å². The molecule has 0 radical (unpaired) electrons. The van der Waals surface area contributed by atoms with Gasteiger partial charge in [-0.15, -0.1) is 35.3 Å². The highest BCUT2D eigenvalue weighted by atomic mass is 127. The van der Waals surface area contributed by atoms with E-state index in [-0.39, 0.29) is 24.0 Å². The van der Waals surface area contributed by atoms with Gasteiger partial charge in [-0.1, -0.05) is 0 Å². The fourth-order valence-corrected chi connectivity index (χ4v) is 3.50. The lowest BCUT2D eigenvalue weighted by Gasteiger charge is -2.27. The first-order chi connectivity index (χ1) is 9.85. The molecule has 1 aliphatic carbocycles. The van der Waals surface area contributed by atoms with Crippen LogP contribution >= 0.6 is 35.3 Å². The molecular formula is C15H25IN4S. The maximum atomic E-state index is 4.28. The minimum Gasteiger partial charge on any atom is -0.356 e. The summed E-state index contributed by atoms with van der Waals surface area (Å²) in [6.45, 7) is 5.41. The van der Waals surface area contributed by atoms with E-state index in [1.54, 1.807) is 4.88 Å². The molecule has 1 aromatic heterocycles. The van der Waals surface area contributed by atoms with Crippen molar-refractivity contribution < 1.29 is 0 Å². The second-order valence-corrected chi connectivity index (χ2v) is 6.72. The van der Waals surface area contributed by atoms with E-state index in [4.69, 9.17) is 0 Å². The number of rotatable bonds is 5. The lowest BCUT2D eigenvalue weighted by molar-refractivity contribution is 0.260. The smallest absolute Gasteiger partial charge is 0.191 e. The number of fused-ring (bicyclic) bond motifs is 1. The van der Waals surface area contributed by atoms with Gasteiger partial charge in [0.05, 0.1) is 0 Å². The van der Waals surface area contributed by atoms with Crippen LogP contribution in [-0.4, -0.2) is 44.1 Å². The van der Waals surface area contributed by atoms with Crippen molar-refractivity contribution >= 4 is 41.3 Å². The summed E-state index contributed by atoms with van der Waals surface area (Å²) in [6.07, 6.45) is 3.96. The molecule has 118 valence electrons. The molecule has 1 aromatic rings. The topological polar surface area (TPSA) is 39.7 Å². The molecule has 0 aromatic carbocycles. The quantitative estimate of drug-likeness (QED) is 0.436. The lowest BCUT2D eigenvalue weighted by atomic mass is 10.1. The number of guanidine groups is 1. The van der Waals surface area contributed by atoms with Crippen molar-refractivity contribution in [2.75, 3.05) is 33.2 Å². The summed E-state index contributed by atoms with van der Waals surface area (Å²) in [7, 11) is 1.85. The number of nitrogens with zero attached hydrogens (tertiary/aromatic N) is 2. The number of thiophene rings is 1. The largest absolute Gasteiger partial charge is 0.356 e. The normalized spacial score (nSPS) is 18.8. The Labute approximate surface area is 148 Å². The molecule has 0 atom stereocenters. The molecule has 3 rings (SSSR count).